The van der Waals surface area contributed by atoms with Gasteiger partial charge in [-0.3, -0.25) is 4.99 Å². The topological polar surface area (TPSA) is 12.4 Å². The van der Waals surface area contributed by atoms with Crippen molar-refractivity contribution in [2.45, 2.75) is 20.8 Å². The third-order valence-electron chi connectivity index (χ3n) is 0.653. The maximum absolute atomic E-state index is 4.05. The van der Waals surface area contributed by atoms with Crippen LogP contribution < -0.4 is 0 Å². The maximum Gasteiger partial charge on any atom is 0.0408 e. The summed E-state index contributed by atoms with van der Waals surface area (Å²) in [5.41, 5.74) is 0. The highest BCUT2D eigenvalue weighted by Crippen LogP contribution is 1.89. The van der Waals surface area contributed by atoms with Crippen LogP contribution in [0.5, 0.6) is 0 Å². The Labute approximate surface area is 45.5 Å². The van der Waals surface area contributed by atoms with Gasteiger partial charge in [-0.25, -0.2) is 0 Å². The van der Waals surface area contributed by atoms with Gasteiger partial charge in [0.25, 0.3) is 0 Å². The van der Waals surface area contributed by atoms with E-state index in [0.717, 1.165) is 6.54 Å². The SMILES string of the molecule is CC=NCC(C)C. The van der Waals surface area contributed by atoms with Crippen molar-refractivity contribution in [3.05, 3.63) is 0 Å². The summed E-state index contributed by atoms with van der Waals surface area (Å²) in [5.74, 6) is 0.705. The van der Waals surface area contributed by atoms with E-state index in [1.807, 2.05) is 13.1 Å². The number of hydrogen-bond donors (Lipinski definition) is 0. The van der Waals surface area contributed by atoms with Gasteiger partial charge in [0.1, 0.15) is 0 Å². The summed E-state index contributed by atoms with van der Waals surface area (Å²) < 4.78 is 0. The largest absolute Gasteiger partial charge is 0.298 e. The van der Waals surface area contributed by atoms with Crippen LogP contribution >= 0.6 is 0 Å². The smallest absolute Gasteiger partial charge is 0.0408 e. The first-order valence-electron chi connectivity index (χ1n) is 2.71. The molecule has 0 amide bonds. The van der Waals surface area contributed by atoms with Gasteiger partial charge in [-0.2, -0.15) is 0 Å². The zero-order chi connectivity index (χ0) is 5.70. The molecule has 0 atom stereocenters. The van der Waals surface area contributed by atoms with Crippen molar-refractivity contribution >= 4 is 6.21 Å². The van der Waals surface area contributed by atoms with Gasteiger partial charge in [0, 0.05) is 6.54 Å². The second-order valence-electron chi connectivity index (χ2n) is 2.02. The van der Waals surface area contributed by atoms with E-state index in [1.165, 1.54) is 0 Å². The summed E-state index contributed by atoms with van der Waals surface area (Å²) in [5, 5.41) is 0. The lowest BCUT2D eigenvalue weighted by Crippen LogP contribution is -1.90. The summed E-state index contributed by atoms with van der Waals surface area (Å²) in [6, 6.07) is 0. The zero-order valence-electron chi connectivity index (χ0n) is 5.31. The highest BCUT2D eigenvalue weighted by atomic mass is 14.7. The number of nitrogens with zero attached hydrogens (tertiary/aromatic N) is 1. The molecular formula is C6H13N. The van der Waals surface area contributed by atoms with Crippen LogP contribution in [-0.4, -0.2) is 12.8 Å². The van der Waals surface area contributed by atoms with Crippen molar-refractivity contribution < 1.29 is 0 Å². The quantitative estimate of drug-likeness (QED) is 0.467. The van der Waals surface area contributed by atoms with Crippen LogP contribution in [0.1, 0.15) is 20.8 Å². The Bertz CT molecular complexity index is 55.2. The fourth-order valence-electron chi connectivity index (χ4n) is 0.316. The van der Waals surface area contributed by atoms with E-state index < -0.39 is 0 Å². The lowest BCUT2D eigenvalue weighted by atomic mass is 10.2. The molecule has 0 aromatic carbocycles. The van der Waals surface area contributed by atoms with Gasteiger partial charge in [0.2, 0.25) is 0 Å². The Morgan fingerprint density at radius 3 is 2.29 bits per heavy atom. The van der Waals surface area contributed by atoms with Crippen LogP contribution in [0.3, 0.4) is 0 Å². The van der Waals surface area contributed by atoms with Gasteiger partial charge in [0.15, 0.2) is 0 Å². The first-order chi connectivity index (χ1) is 3.27. The fraction of sp³-hybridized carbons (Fsp3) is 0.833. The summed E-state index contributed by atoms with van der Waals surface area (Å²) >= 11 is 0. The maximum atomic E-state index is 4.05. The van der Waals surface area contributed by atoms with Gasteiger partial charge >= 0.3 is 0 Å². The molecule has 0 rings (SSSR count). The van der Waals surface area contributed by atoms with Gasteiger partial charge in [0.05, 0.1) is 0 Å². The Kier molecular flexibility index (Phi) is 3.67. The minimum Gasteiger partial charge on any atom is -0.298 e. The Morgan fingerprint density at radius 1 is 1.57 bits per heavy atom. The molecule has 0 unspecified atom stereocenters. The predicted octanol–water partition coefficient (Wildman–Crippen LogP) is 1.73. The van der Waals surface area contributed by atoms with Gasteiger partial charge < -0.3 is 0 Å². The molecule has 0 saturated heterocycles. The highest BCUT2D eigenvalue weighted by molar-refractivity contribution is 5.53. The van der Waals surface area contributed by atoms with E-state index in [9.17, 15) is 0 Å². The van der Waals surface area contributed by atoms with Gasteiger partial charge in [-0.1, -0.05) is 13.8 Å². The molecule has 0 saturated carbocycles. The van der Waals surface area contributed by atoms with E-state index >= 15 is 0 Å². The second-order valence-corrected chi connectivity index (χ2v) is 2.02. The van der Waals surface area contributed by atoms with E-state index in [4.69, 9.17) is 0 Å². The second kappa shape index (κ2) is 3.85. The molecule has 0 aromatic rings. The summed E-state index contributed by atoms with van der Waals surface area (Å²) in [4.78, 5) is 4.05. The number of rotatable bonds is 2. The molecular weight excluding hydrogens is 86.1 g/mol. The van der Waals surface area contributed by atoms with Crippen LogP contribution in [0.4, 0.5) is 0 Å². The third kappa shape index (κ3) is 5.67. The van der Waals surface area contributed by atoms with E-state index in [2.05, 4.69) is 18.8 Å². The van der Waals surface area contributed by atoms with Crippen LogP contribution in [-0.2, 0) is 0 Å². The van der Waals surface area contributed by atoms with Crippen molar-refractivity contribution in [2.75, 3.05) is 6.54 Å². The standard InChI is InChI=1S/C6H13N/c1-4-7-5-6(2)3/h4,6H,5H2,1-3H3. The van der Waals surface area contributed by atoms with Crippen LogP contribution in [0.2, 0.25) is 0 Å². The molecule has 0 fully saturated rings. The lowest BCUT2D eigenvalue weighted by molar-refractivity contribution is 0.667. The van der Waals surface area contributed by atoms with Gasteiger partial charge in [-0.05, 0) is 19.1 Å². The Morgan fingerprint density at radius 2 is 2.14 bits per heavy atom. The molecule has 0 spiro atoms. The zero-order valence-corrected chi connectivity index (χ0v) is 5.31. The van der Waals surface area contributed by atoms with E-state index in [0.29, 0.717) is 5.92 Å². The molecule has 1 nitrogen and oxygen atoms in total. The number of hydrogen-bond acceptors (Lipinski definition) is 1. The normalized spacial score (nSPS) is 11.4. The number of aliphatic imine (C=N–C) groups is 1. The van der Waals surface area contributed by atoms with Gasteiger partial charge in [-0.15, -0.1) is 0 Å². The first kappa shape index (κ1) is 6.67. The summed E-state index contributed by atoms with van der Waals surface area (Å²) in [6.45, 7) is 7.24. The molecule has 0 heterocycles. The van der Waals surface area contributed by atoms with Crippen molar-refractivity contribution in [3.63, 3.8) is 0 Å². The van der Waals surface area contributed by atoms with Crippen molar-refractivity contribution in [2.24, 2.45) is 10.9 Å². The Balaban J connectivity index is 2.97. The van der Waals surface area contributed by atoms with E-state index in [1.54, 1.807) is 0 Å². The fourth-order valence-corrected chi connectivity index (χ4v) is 0.316. The highest BCUT2D eigenvalue weighted by Gasteiger charge is 1.84. The molecule has 0 N–H and O–H groups in total. The monoisotopic (exact) mass is 99.1 g/mol. The van der Waals surface area contributed by atoms with Crippen LogP contribution in [0, 0.1) is 5.92 Å². The summed E-state index contributed by atoms with van der Waals surface area (Å²) in [7, 11) is 0. The average Bonchev–Trinajstić information content (AvgIpc) is 1.61. The lowest BCUT2D eigenvalue weighted by Gasteiger charge is -1.93. The van der Waals surface area contributed by atoms with Crippen molar-refractivity contribution in [3.8, 4) is 0 Å². The van der Waals surface area contributed by atoms with Crippen molar-refractivity contribution in [1.29, 1.82) is 0 Å². The predicted molar refractivity (Wildman–Crippen MR) is 33.9 cm³/mol. The summed E-state index contributed by atoms with van der Waals surface area (Å²) in [6.07, 6.45) is 1.85. The molecule has 0 bridgehead atoms. The third-order valence-corrected chi connectivity index (χ3v) is 0.653. The molecule has 0 aromatic heterocycles. The minimum atomic E-state index is 0.705. The van der Waals surface area contributed by atoms with Crippen molar-refractivity contribution in [1.82, 2.24) is 0 Å². The minimum absolute atomic E-state index is 0.705. The van der Waals surface area contributed by atoms with Crippen LogP contribution in [0.25, 0.3) is 0 Å². The molecule has 0 aliphatic heterocycles. The molecule has 0 aliphatic carbocycles. The Hall–Kier alpha value is -0.330. The first-order valence-corrected chi connectivity index (χ1v) is 2.71. The average molecular weight is 99.2 g/mol. The molecule has 42 valence electrons. The molecule has 7 heavy (non-hydrogen) atoms. The molecule has 0 radical (unpaired) electrons. The van der Waals surface area contributed by atoms with E-state index in [-0.39, 0.29) is 0 Å². The van der Waals surface area contributed by atoms with Crippen LogP contribution in [0.15, 0.2) is 4.99 Å². The molecule has 0 aliphatic rings. The molecule has 1 heteroatoms.